The van der Waals surface area contributed by atoms with Crippen LogP contribution in [0, 0.1) is 0 Å². The standard InChI is InChI=1S/C14H23NO5/c1-4-20-13(17)7-5-6-10(2)15-11(14(18)19-3)8-9-12(15)16/h10-11H,4-9H2,1-3H3. The van der Waals surface area contributed by atoms with Crippen LogP contribution in [0.5, 0.6) is 0 Å². The highest BCUT2D eigenvalue weighted by molar-refractivity contribution is 5.88. The average Bonchev–Trinajstić information content (AvgIpc) is 2.80. The van der Waals surface area contributed by atoms with Crippen molar-refractivity contribution in [2.45, 2.75) is 58.0 Å². The summed E-state index contributed by atoms with van der Waals surface area (Å²) in [4.78, 5) is 36.4. The summed E-state index contributed by atoms with van der Waals surface area (Å²) in [6.07, 6.45) is 2.52. The summed E-state index contributed by atoms with van der Waals surface area (Å²) in [5, 5.41) is 0. The van der Waals surface area contributed by atoms with E-state index in [4.69, 9.17) is 9.47 Å². The molecule has 1 aliphatic rings. The molecule has 0 aromatic heterocycles. The fraction of sp³-hybridized carbons (Fsp3) is 0.786. The van der Waals surface area contributed by atoms with Crippen molar-refractivity contribution in [2.24, 2.45) is 0 Å². The minimum absolute atomic E-state index is 0.0240. The number of hydrogen-bond acceptors (Lipinski definition) is 5. The molecular weight excluding hydrogens is 262 g/mol. The van der Waals surface area contributed by atoms with Gasteiger partial charge in [-0.25, -0.2) is 4.79 Å². The molecule has 1 saturated heterocycles. The first-order valence-corrected chi connectivity index (χ1v) is 7.05. The van der Waals surface area contributed by atoms with Gasteiger partial charge in [0.1, 0.15) is 6.04 Å². The van der Waals surface area contributed by atoms with Gasteiger partial charge in [0.2, 0.25) is 5.91 Å². The molecule has 2 unspecified atom stereocenters. The van der Waals surface area contributed by atoms with Crippen molar-refractivity contribution in [2.75, 3.05) is 13.7 Å². The second-order valence-electron chi connectivity index (χ2n) is 4.92. The number of amides is 1. The summed E-state index contributed by atoms with van der Waals surface area (Å²) in [6, 6.07) is -0.561. The lowest BCUT2D eigenvalue weighted by atomic mass is 10.1. The zero-order chi connectivity index (χ0) is 15.1. The van der Waals surface area contributed by atoms with Gasteiger partial charge in [-0.3, -0.25) is 9.59 Å². The van der Waals surface area contributed by atoms with Gasteiger partial charge in [0, 0.05) is 18.9 Å². The number of carbonyl (C=O) groups excluding carboxylic acids is 3. The number of ether oxygens (including phenoxy) is 2. The van der Waals surface area contributed by atoms with Crippen LogP contribution >= 0.6 is 0 Å². The molecule has 1 heterocycles. The van der Waals surface area contributed by atoms with Crippen molar-refractivity contribution in [3.8, 4) is 0 Å². The topological polar surface area (TPSA) is 72.9 Å². The Labute approximate surface area is 119 Å². The van der Waals surface area contributed by atoms with Crippen LogP contribution in [0.25, 0.3) is 0 Å². The molecule has 114 valence electrons. The van der Waals surface area contributed by atoms with Crippen LogP contribution in [0.1, 0.15) is 46.0 Å². The highest BCUT2D eigenvalue weighted by atomic mass is 16.5. The first-order valence-electron chi connectivity index (χ1n) is 7.05. The second-order valence-corrected chi connectivity index (χ2v) is 4.92. The number of hydrogen-bond donors (Lipinski definition) is 0. The van der Waals surface area contributed by atoms with Crippen molar-refractivity contribution >= 4 is 17.8 Å². The van der Waals surface area contributed by atoms with Crippen LogP contribution in [-0.2, 0) is 23.9 Å². The van der Waals surface area contributed by atoms with E-state index in [1.165, 1.54) is 7.11 Å². The Bertz CT molecular complexity index is 369. The minimum Gasteiger partial charge on any atom is -0.467 e. The van der Waals surface area contributed by atoms with Crippen molar-refractivity contribution in [3.63, 3.8) is 0 Å². The number of methoxy groups -OCH3 is 1. The number of likely N-dealkylation sites (tertiary alicyclic amines) is 1. The van der Waals surface area contributed by atoms with E-state index in [1.54, 1.807) is 11.8 Å². The van der Waals surface area contributed by atoms with Gasteiger partial charge < -0.3 is 14.4 Å². The van der Waals surface area contributed by atoms with Crippen molar-refractivity contribution in [1.82, 2.24) is 4.90 Å². The Hall–Kier alpha value is -1.59. The quantitative estimate of drug-likeness (QED) is 0.659. The van der Waals surface area contributed by atoms with Gasteiger partial charge in [-0.1, -0.05) is 0 Å². The monoisotopic (exact) mass is 285 g/mol. The first kappa shape index (κ1) is 16.5. The van der Waals surface area contributed by atoms with Crippen LogP contribution in [0.4, 0.5) is 0 Å². The predicted molar refractivity (Wildman–Crippen MR) is 71.8 cm³/mol. The van der Waals surface area contributed by atoms with E-state index in [0.29, 0.717) is 38.7 Å². The molecule has 0 spiro atoms. The van der Waals surface area contributed by atoms with Gasteiger partial charge in [-0.2, -0.15) is 0 Å². The number of rotatable bonds is 7. The molecule has 1 rings (SSSR count). The molecule has 0 N–H and O–H groups in total. The predicted octanol–water partition coefficient (Wildman–Crippen LogP) is 1.27. The van der Waals surface area contributed by atoms with Gasteiger partial charge in [0.25, 0.3) is 0 Å². The highest BCUT2D eigenvalue weighted by Crippen LogP contribution is 2.24. The molecule has 0 saturated carbocycles. The van der Waals surface area contributed by atoms with E-state index in [0.717, 1.165) is 0 Å². The number of esters is 2. The molecule has 1 fully saturated rings. The summed E-state index contributed by atoms with van der Waals surface area (Å²) in [6.45, 7) is 4.04. The van der Waals surface area contributed by atoms with Gasteiger partial charge in [0.05, 0.1) is 13.7 Å². The third-order valence-corrected chi connectivity index (χ3v) is 3.51. The zero-order valence-electron chi connectivity index (χ0n) is 12.4. The maximum absolute atomic E-state index is 11.9. The van der Waals surface area contributed by atoms with Gasteiger partial charge in [0.15, 0.2) is 0 Å². The normalized spacial score (nSPS) is 19.9. The molecule has 6 heteroatoms. The van der Waals surface area contributed by atoms with Crippen LogP contribution in [0.2, 0.25) is 0 Å². The van der Waals surface area contributed by atoms with E-state index in [1.807, 2.05) is 6.92 Å². The van der Waals surface area contributed by atoms with Gasteiger partial charge >= 0.3 is 11.9 Å². The fourth-order valence-corrected chi connectivity index (χ4v) is 2.54. The lowest BCUT2D eigenvalue weighted by Gasteiger charge is -2.29. The molecule has 1 aliphatic heterocycles. The molecule has 2 atom stereocenters. The largest absolute Gasteiger partial charge is 0.467 e. The molecule has 6 nitrogen and oxygen atoms in total. The summed E-state index contributed by atoms with van der Waals surface area (Å²) in [7, 11) is 1.33. The SMILES string of the molecule is CCOC(=O)CCCC(C)N1C(=O)CCC1C(=O)OC. The van der Waals surface area contributed by atoms with Crippen LogP contribution in [0.15, 0.2) is 0 Å². The van der Waals surface area contributed by atoms with Crippen molar-refractivity contribution in [3.05, 3.63) is 0 Å². The molecule has 0 aromatic rings. The van der Waals surface area contributed by atoms with Crippen molar-refractivity contribution in [1.29, 1.82) is 0 Å². The Morgan fingerprint density at radius 3 is 2.75 bits per heavy atom. The zero-order valence-corrected chi connectivity index (χ0v) is 12.4. The Morgan fingerprint density at radius 2 is 2.15 bits per heavy atom. The Kier molecular flexibility index (Phi) is 6.48. The molecule has 0 radical (unpaired) electrons. The summed E-state index contributed by atoms with van der Waals surface area (Å²) in [5.41, 5.74) is 0. The third-order valence-electron chi connectivity index (χ3n) is 3.51. The summed E-state index contributed by atoms with van der Waals surface area (Å²) < 4.78 is 9.58. The average molecular weight is 285 g/mol. The van der Waals surface area contributed by atoms with Crippen LogP contribution < -0.4 is 0 Å². The van der Waals surface area contributed by atoms with E-state index in [9.17, 15) is 14.4 Å². The Balaban J connectivity index is 2.47. The lowest BCUT2D eigenvalue weighted by Crippen LogP contribution is -2.44. The smallest absolute Gasteiger partial charge is 0.328 e. The van der Waals surface area contributed by atoms with Gasteiger partial charge in [-0.15, -0.1) is 0 Å². The first-order chi connectivity index (χ1) is 9.51. The van der Waals surface area contributed by atoms with E-state index in [2.05, 4.69) is 0 Å². The molecule has 1 amide bonds. The summed E-state index contributed by atoms with van der Waals surface area (Å²) >= 11 is 0. The van der Waals surface area contributed by atoms with Crippen molar-refractivity contribution < 1.29 is 23.9 Å². The minimum atomic E-state index is -0.481. The van der Waals surface area contributed by atoms with Crippen LogP contribution in [0.3, 0.4) is 0 Å². The molecule has 20 heavy (non-hydrogen) atoms. The Morgan fingerprint density at radius 1 is 1.45 bits per heavy atom. The maximum atomic E-state index is 11.9. The molecular formula is C14H23NO5. The van der Waals surface area contributed by atoms with E-state index in [-0.39, 0.29) is 23.9 Å². The van der Waals surface area contributed by atoms with E-state index >= 15 is 0 Å². The molecule has 0 aromatic carbocycles. The number of carbonyl (C=O) groups is 3. The maximum Gasteiger partial charge on any atom is 0.328 e. The van der Waals surface area contributed by atoms with E-state index < -0.39 is 6.04 Å². The third kappa shape index (κ3) is 4.21. The molecule has 0 aliphatic carbocycles. The highest BCUT2D eigenvalue weighted by Gasteiger charge is 2.39. The fourth-order valence-electron chi connectivity index (χ4n) is 2.54. The molecule has 0 bridgehead atoms. The van der Waals surface area contributed by atoms with Crippen LogP contribution in [-0.4, -0.2) is 48.5 Å². The second kappa shape index (κ2) is 7.87. The van der Waals surface area contributed by atoms with Gasteiger partial charge in [-0.05, 0) is 33.1 Å². The summed E-state index contributed by atoms with van der Waals surface area (Å²) in [5.74, 6) is -0.617. The lowest BCUT2D eigenvalue weighted by molar-refractivity contribution is -0.150. The number of nitrogens with zero attached hydrogens (tertiary/aromatic N) is 1.